The molecule has 7 heteroatoms. The average molecular weight is 348 g/mol. The predicted octanol–water partition coefficient (Wildman–Crippen LogP) is 4.26. The van der Waals surface area contributed by atoms with Crippen LogP contribution in [0.3, 0.4) is 0 Å². The van der Waals surface area contributed by atoms with Gasteiger partial charge >= 0.3 is 0 Å². The largest absolute Gasteiger partial charge is 0.319 e. The molecule has 2 nitrogen and oxygen atoms in total. The summed E-state index contributed by atoms with van der Waals surface area (Å²) in [5.74, 6) is -5.33. The molecule has 0 aliphatic rings. The van der Waals surface area contributed by atoms with Crippen molar-refractivity contribution < 1.29 is 22.4 Å². The lowest BCUT2D eigenvalue weighted by molar-refractivity contribution is 0.102. The Morgan fingerprint density at radius 1 is 0.950 bits per heavy atom. The highest BCUT2D eigenvalue weighted by Crippen LogP contribution is 2.22. The van der Waals surface area contributed by atoms with Crippen molar-refractivity contribution in [3.8, 4) is 0 Å². The van der Waals surface area contributed by atoms with E-state index in [1.165, 1.54) is 6.07 Å². The van der Waals surface area contributed by atoms with E-state index in [9.17, 15) is 22.4 Å². The van der Waals surface area contributed by atoms with Crippen LogP contribution >= 0.6 is 15.9 Å². The number of rotatable bonds is 2. The first-order valence-electron chi connectivity index (χ1n) is 5.29. The first-order valence-corrected chi connectivity index (χ1v) is 6.08. The van der Waals surface area contributed by atoms with E-state index in [-0.39, 0.29) is 10.0 Å². The van der Waals surface area contributed by atoms with Crippen LogP contribution in [0.1, 0.15) is 10.4 Å². The molecule has 0 aliphatic heterocycles. The zero-order valence-electron chi connectivity index (χ0n) is 9.68. The molecule has 0 atom stereocenters. The summed E-state index contributed by atoms with van der Waals surface area (Å²) >= 11 is 3.03. The maximum absolute atomic E-state index is 13.4. The van der Waals surface area contributed by atoms with Crippen molar-refractivity contribution in [1.29, 1.82) is 0 Å². The summed E-state index contributed by atoms with van der Waals surface area (Å²) in [5, 5.41) is 2.05. The normalized spacial score (nSPS) is 10.4. The number of carbonyl (C=O) groups excluding carboxylic acids is 1. The fraction of sp³-hybridized carbons (Fsp3) is 0. The van der Waals surface area contributed by atoms with Gasteiger partial charge in [0.2, 0.25) is 0 Å². The van der Waals surface area contributed by atoms with E-state index in [1.54, 1.807) is 0 Å². The SMILES string of the molecule is O=C(Nc1cc(F)c(F)cc1F)c1cc(F)ccc1Br. The third-order valence-corrected chi connectivity index (χ3v) is 3.12. The topological polar surface area (TPSA) is 29.1 Å². The van der Waals surface area contributed by atoms with Gasteiger partial charge in [-0.25, -0.2) is 17.6 Å². The van der Waals surface area contributed by atoms with Crippen molar-refractivity contribution in [1.82, 2.24) is 0 Å². The van der Waals surface area contributed by atoms with Gasteiger partial charge in [0, 0.05) is 16.6 Å². The molecule has 20 heavy (non-hydrogen) atoms. The summed E-state index contributed by atoms with van der Waals surface area (Å²) < 4.78 is 52.5. The lowest BCUT2D eigenvalue weighted by atomic mass is 10.2. The van der Waals surface area contributed by atoms with Crippen LogP contribution in [0, 0.1) is 23.3 Å². The molecular formula is C13H6BrF4NO. The first kappa shape index (κ1) is 14.5. The van der Waals surface area contributed by atoms with Crippen molar-refractivity contribution in [2.45, 2.75) is 0 Å². The van der Waals surface area contributed by atoms with E-state index in [4.69, 9.17) is 0 Å². The monoisotopic (exact) mass is 347 g/mol. The second-order valence-electron chi connectivity index (χ2n) is 3.82. The van der Waals surface area contributed by atoms with Gasteiger partial charge in [0.15, 0.2) is 11.6 Å². The van der Waals surface area contributed by atoms with Gasteiger partial charge in [0.05, 0.1) is 11.3 Å². The number of hydrogen-bond acceptors (Lipinski definition) is 1. The number of amides is 1. The van der Waals surface area contributed by atoms with E-state index >= 15 is 0 Å². The van der Waals surface area contributed by atoms with Crippen LogP contribution in [0.4, 0.5) is 23.2 Å². The van der Waals surface area contributed by atoms with E-state index in [1.807, 2.05) is 5.32 Å². The van der Waals surface area contributed by atoms with Gasteiger partial charge in [-0.1, -0.05) is 0 Å². The number of hydrogen-bond donors (Lipinski definition) is 1. The molecular weight excluding hydrogens is 342 g/mol. The Morgan fingerprint density at radius 3 is 2.30 bits per heavy atom. The van der Waals surface area contributed by atoms with Crippen LogP contribution in [0.2, 0.25) is 0 Å². The summed E-state index contributed by atoms with van der Waals surface area (Å²) in [6.45, 7) is 0. The highest BCUT2D eigenvalue weighted by Gasteiger charge is 2.15. The third kappa shape index (κ3) is 2.98. The number of carbonyl (C=O) groups is 1. The molecule has 1 amide bonds. The van der Waals surface area contributed by atoms with Gasteiger partial charge in [0.25, 0.3) is 5.91 Å². The molecule has 0 radical (unpaired) electrons. The molecule has 0 saturated heterocycles. The number of halogens is 5. The number of anilines is 1. The molecule has 104 valence electrons. The highest BCUT2D eigenvalue weighted by atomic mass is 79.9. The van der Waals surface area contributed by atoms with Crippen molar-refractivity contribution in [3.05, 3.63) is 63.6 Å². The van der Waals surface area contributed by atoms with Gasteiger partial charge in [-0.05, 0) is 34.1 Å². The predicted molar refractivity (Wildman–Crippen MR) is 68.4 cm³/mol. The maximum Gasteiger partial charge on any atom is 0.256 e. The molecule has 0 saturated carbocycles. The molecule has 0 aliphatic carbocycles. The summed E-state index contributed by atoms with van der Waals surface area (Å²) in [6, 6.07) is 4.17. The van der Waals surface area contributed by atoms with Crippen LogP contribution in [-0.2, 0) is 0 Å². The fourth-order valence-corrected chi connectivity index (χ4v) is 1.91. The Kier molecular flexibility index (Phi) is 4.08. The molecule has 0 bridgehead atoms. The molecule has 0 heterocycles. The van der Waals surface area contributed by atoms with Crippen LogP contribution in [-0.4, -0.2) is 5.91 Å². The summed E-state index contributed by atoms with van der Waals surface area (Å²) in [6.07, 6.45) is 0. The van der Waals surface area contributed by atoms with Crippen LogP contribution < -0.4 is 5.32 Å². The lowest BCUT2D eigenvalue weighted by Gasteiger charge is -2.08. The Hall–Kier alpha value is -1.89. The second-order valence-corrected chi connectivity index (χ2v) is 4.68. The van der Waals surface area contributed by atoms with E-state index in [0.717, 1.165) is 12.1 Å². The van der Waals surface area contributed by atoms with Crippen LogP contribution in [0.15, 0.2) is 34.8 Å². The maximum atomic E-state index is 13.4. The number of benzene rings is 2. The molecule has 0 aromatic heterocycles. The van der Waals surface area contributed by atoms with Gasteiger partial charge in [0.1, 0.15) is 11.6 Å². The Labute approximate surface area is 119 Å². The second kappa shape index (κ2) is 5.62. The summed E-state index contributed by atoms with van der Waals surface area (Å²) in [4.78, 5) is 11.8. The van der Waals surface area contributed by atoms with Crippen molar-refractivity contribution in [3.63, 3.8) is 0 Å². The minimum atomic E-state index is -1.37. The van der Waals surface area contributed by atoms with Gasteiger partial charge in [-0.15, -0.1) is 0 Å². The lowest BCUT2D eigenvalue weighted by Crippen LogP contribution is -2.14. The Balaban J connectivity index is 2.32. The first-order chi connectivity index (χ1) is 9.38. The van der Waals surface area contributed by atoms with Crippen molar-refractivity contribution in [2.75, 3.05) is 5.32 Å². The fourth-order valence-electron chi connectivity index (χ4n) is 1.48. The van der Waals surface area contributed by atoms with Gasteiger partial charge < -0.3 is 5.32 Å². The van der Waals surface area contributed by atoms with E-state index < -0.39 is 34.9 Å². The molecule has 2 rings (SSSR count). The minimum Gasteiger partial charge on any atom is -0.319 e. The zero-order valence-corrected chi connectivity index (χ0v) is 11.3. The molecule has 0 fully saturated rings. The van der Waals surface area contributed by atoms with E-state index in [2.05, 4.69) is 15.9 Å². The summed E-state index contributed by atoms with van der Waals surface area (Å²) in [7, 11) is 0. The molecule has 2 aromatic rings. The molecule has 1 N–H and O–H groups in total. The van der Waals surface area contributed by atoms with Gasteiger partial charge in [-0.3, -0.25) is 4.79 Å². The van der Waals surface area contributed by atoms with Crippen LogP contribution in [0.5, 0.6) is 0 Å². The standard InChI is InChI=1S/C13H6BrF4NO/c14-8-2-1-6(15)3-7(8)13(20)19-12-5-10(17)9(16)4-11(12)18/h1-5H,(H,19,20). The van der Waals surface area contributed by atoms with Crippen molar-refractivity contribution >= 4 is 27.5 Å². The average Bonchev–Trinajstić information content (AvgIpc) is 2.38. The molecule has 2 aromatic carbocycles. The van der Waals surface area contributed by atoms with Crippen LogP contribution in [0.25, 0.3) is 0 Å². The summed E-state index contributed by atoms with van der Waals surface area (Å²) in [5.41, 5.74) is -0.640. The Bertz CT molecular complexity index is 690. The molecule has 0 spiro atoms. The Morgan fingerprint density at radius 2 is 1.60 bits per heavy atom. The third-order valence-electron chi connectivity index (χ3n) is 2.43. The van der Waals surface area contributed by atoms with E-state index in [0.29, 0.717) is 12.1 Å². The quantitative estimate of drug-likeness (QED) is 0.638. The zero-order chi connectivity index (χ0) is 14.9. The molecule has 0 unspecified atom stereocenters. The smallest absolute Gasteiger partial charge is 0.256 e. The number of nitrogens with one attached hydrogen (secondary N) is 1. The highest BCUT2D eigenvalue weighted by molar-refractivity contribution is 9.10. The van der Waals surface area contributed by atoms with Gasteiger partial charge in [-0.2, -0.15) is 0 Å². The minimum absolute atomic E-state index is 0.103. The van der Waals surface area contributed by atoms with Crippen molar-refractivity contribution in [2.24, 2.45) is 0 Å².